The Morgan fingerprint density at radius 2 is 2.24 bits per heavy atom. The van der Waals surface area contributed by atoms with Gasteiger partial charge in [0.05, 0.1) is 17.4 Å². The summed E-state index contributed by atoms with van der Waals surface area (Å²) >= 11 is 0. The van der Waals surface area contributed by atoms with E-state index in [4.69, 9.17) is 16.6 Å². The Hall–Kier alpha value is -1.82. The minimum absolute atomic E-state index is 0.0331. The number of aliphatic hydroxyl groups excluding tert-OH is 1. The van der Waals surface area contributed by atoms with Crippen LogP contribution in [0.2, 0.25) is 0 Å². The number of primary amides is 1. The molecule has 6 nitrogen and oxygen atoms in total. The molecule has 0 fully saturated rings. The first-order chi connectivity index (χ1) is 7.95. The van der Waals surface area contributed by atoms with E-state index in [2.05, 4.69) is 10.3 Å². The highest BCUT2D eigenvalue weighted by Gasteiger charge is 2.16. The van der Waals surface area contributed by atoms with E-state index in [1.807, 2.05) is 13.8 Å². The minimum atomic E-state index is -0.587. The Morgan fingerprint density at radius 1 is 1.59 bits per heavy atom. The van der Waals surface area contributed by atoms with Crippen molar-refractivity contribution in [3.05, 3.63) is 17.8 Å². The molecule has 0 aliphatic carbocycles. The number of carbonyl (C=O) groups is 1. The fraction of sp³-hybridized carbons (Fsp3) is 0.455. The van der Waals surface area contributed by atoms with Gasteiger partial charge in [-0.2, -0.15) is 0 Å². The highest BCUT2D eigenvalue weighted by atomic mass is 16.3. The first-order valence-electron chi connectivity index (χ1n) is 5.38. The van der Waals surface area contributed by atoms with Gasteiger partial charge in [0.2, 0.25) is 0 Å². The largest absolute Gasteiger partial charge is 0.397 e. The molecule has 2 unspecified atom stereocenters. The Bertz CT molecular complexity index is 408. The van der Waals surface area contributed by atoms with E-state index < -0.39 is 5.91 Å². The van der Waals surface area contributed by atoms with Crippen molar-refractivity contribution in [1.29, 1.82) is 0 Å². The van der Waals surface area contributed by atoms with E-state index in [0.29, 0.717) is 11.5 Å². The first kappa shape index (κ1) is 13.2. The number of nitrogens with zero attached hydrogens (tertiary/aromatic N) is 1. The van der Waals surface area contributed by atoms with Gasteiger partial charge in [-0.05, 0) is 18.9 Å². The van der Waals surface area contributed by atoms with Crippen LogP contribution in [0, 0.1) is 5.92 Å². The van der Waals surface area contributed by atoms with E-state index in [-0.39, 0.29) is 24.1 Å². The molecular weight excluding hydrogens is 220 g/mol. The molecule has 0 aliphatic rings. The number of hydrogen-bond donors (Lipinski definition) is 4. The number of nitrogens with two attached hydrogens (primary N) is 2. The second kappa shape index (κ2) is 5.49. The summed E-state index contributed by atoms with van der Waals surface area (Å²) in [5, 5.41) is 12.1. The molecule has 1 aromatic rings. The SMILES string of the molecule is CC(CO)C(C)Nc1ncc(N)cc1C(N)=O. The Balaban J connectivity index is 2.94. The molecule has 6 N–H and O–H groups in total. The van der Waals surface area contributed by atoms with Crippen LogP contribution < -0.4 is 16.8 Å². The van der Waals surface area contributed by atoms with Gasteiger partial charge in [-0.25, -0.2) is 4.98 Å². The minimum Gasteiger partial charge on any atom is -0.397 e. The van der Waals surface area contributed by atoms with Gasteiger partial charge in [0.1, 0.15) is 5.82 Å². The predicted octanol–water partition coefficient (Wildman–Crippen LogP) is 0.191. The van der Waals surface area contributed by atoms with E-state index in [9.17, 15) is 4.79 Å². The molecule has 2 atom stereocenters. The van der Waals surface area contributed by atoms with Crippen molar-refractivity contribution in [2.75, 3.05) is 17.7 Å². The summed E-state index contributed by atoms with van der Waals surface area (Å²) in [5.41, 5.74) is 11.4. The molecule has 0 saturated carbocycles. The highest BCUT2D eigenvalue weighted by molar-refractivity contribution is 5.98. The van der Waals surface area contributed by atoms with Crippen LogP contribution in [0.1, 0.15) is 24.2 Å². The number of pyridine rings is 1. The molecular formula is C11H18N4O2. The van der Waals surface area contributed by atoms with Crippen LogP contribution in [-0.2, 0) is 0 Å². The molecule has 17 heavy (non-hydrogen) atoms. The second-order valence-corrected chi connectivity index (χ2v) is 4.12. The molecule has 0 aliphatic heterocycles. The van der Waals surface area contributed by atoms with Crippen molar-refractivity contribution in [3.8, 4) is 0 Å². The van der Waals surface area contributed by atoms with Crippen LogP contribution >= 0.6 is 0 Å². The standard InChI is InChI=1S/C11H18N4O2/c1-6(5-16)7(2)15-11-9(10(13)17)3-8(12)4-14-11/h3-4,6-7,16H,5,12H2,1-2H3,(H2,13,17)(H,14,15). The van der Waals surface area contributed by atoms with Crippen LogP contribution in [-0.4, -0.2) is 28.6 Å². The maximum Gasteiger partial charge on any atom is 0.252 e. The van der Waals surface area contributed by atoms with E-state index in [1.54, 1.807) is 0 Å². The van der Waals surface area contributed by atoms with Crippen molar-refractivity contribution < 1.29 is 9.90 Å². The number of aliphatic hydroxyl groups is 1. The molecule has 1 heterocycles. The molecule has 94 valence electrons. The van der Waals surface area contributed by atoms with E-state index >= 15 is 0 Å². The number of nitrogens with one attached hydrogen (secondary N) is 1. The number of nitrogen functional groups attached to an aromatic ring is 1. The molecule has 0 aromatic carbocycles. The van der Waals surface area contributed by atoms with Crippen molar-refractivity contribution in [3.63, 3.8) is 0 Å². The van der Waals surface area contributed by atoms with Crippen LogP contribution in [0.4, 0.5) is 11.5 Å². The number of anilines is 2. The van der Waals surface area contributed by atoms with Gasteiger partial charge >= 0.3 is 0 Å². The predicted molar refractivity (Wildman–Crippen MR) is 66.5 cm³/mol. The Morgan fingerprint density at radius 3 is 2.76 bits per heavy atom. The number of rotatable bonds is 5. The highest BCUT2D eigenvalue weighted by Crippen LogP contribution is 2.17. The zero-order valence-electron chi connectivity index (χ0n) is 9.97. The van der Waals surface area contributed by atoms with Gasteiger partial charge in [-0.15, -0.1) is 0 Å². The van der Waals surface area contributed by atoms with Crippen LogP contribution in [0.15, 0.2) is 12.3 Å². The number of carbonyl (C=O) groups excluding carboxylic acids is 1. The second-order valence-electron chi connectivity index (χ2n) is 4.12. The van der Waals surface area contributed by atoms with Gasteiger partial charge in [0.25, 0.3) is 5.91 Å². The van der Waals surface area contributed by atoms with Gasteiger partial charge < -0.3 is 21.9 Å². The quantitative estimate of drug-likeness (QED) is 0.584. The fourth-order valence-electron chi connectivity index (χ4n) is 1.30. The lowest BCUT2D eigenvalue weighted by Gasteiger charge is -2.21. The summed E-state index contributed by atoms with van der Waals surface area (Å²) in [7, 11) is 0. The van der Waals surface area contributed by atoms with Crippen LogP contribution in [0.25, 0.3) is 0 Å². The average molecular weight is 238 g/mol. The zero-order chi connectivity index (χ0) is 13.0. The fourth-order valence-corrected chi connectivity index (χ4v) is 1.30. The summed E-state index contributed by atoms with van der Waals surface area (Å²) in [6.07, 6.45) is 1.45. The van der Waals surface area contributed by atoms with Gasteiger partial charge in [-0.1, -0.05) is 6.92 Å². The Labute approximate surface area is 100 Å². The maximum atomic E-state index is 11.2. The van der Waals surface area contributed by atoms with Crippen molar-refractivity contribution >= 4 is 17.4 Å². The lowest BCUT2D eigenvalue weighted by molar-refractivity contribution is 0.100. The maximum absolute atomic E-state index is 11.2. The third kappa shape index (κ3) is 3.32. The summed E-state index contributed by atoms with van der Waals surface area (Å²) < 4.78 is 0. The van der Waals surface area contributed by atoms with Gasteiger partial charge in [0.15, 0.2) is 0 Å². The smallest absolute Gasteiger partial charge is 0.252 e. The van der Waals surface area contributed by atoms with Gasteiger partial charge in [-0.3, -0.25) is 4.79 Å². The van der Waals surface area contributed by atoms with Crippen LogP contribution in [0.3, 0.4) is 0 Å². The first-order valence-corrected chi connectivity index (χ1v) is 5.38. The van der Waals surface area contributed by atoms with Crippen LogP contribution in [0.5, 0.6) is 0 Å². The third-order valence-corrected chi connectivity index (χ3v) is 2.68. The average Bonchev–Trinajstić information content (AvgIpc) is 2.29. The number of hydrogen-bond acceptors (Lipinski definition) is 5. The lowest BCUT2D eigenvalue weighted by atomic mass is 10.0. The van der Waals surface area contributed by atoms with Crippen molar-refractivity contribution in [2.45, 2.75) is 19.9 Å². The summed E-state index contributed by atoms with van der Waals surface area (Å²) in [6, 6.07) is 1.45. The van der Waals surface area contributed by atoms with Gasteiger partial charge in [0, 0.05) is 12.6 Å². The molecule has 0 saturated heterocycles. The monoisotopic (exact) mass is 238 g/mol. The normalized spacial score (nSPS) is 14.1. The molecule has 0 radical (unpaired) electrons. The molecule has 1 aromatic heterocycles. The number of amides is 1. The summed E-state index contributed by atoms with van der Waals surface area (Å²) in [6.45, 7) is 3.83. The van der Waals surface area contributed by atoms with E-state index in [1.165, 1.54) is 12.3 Å². The molecule has 1 amide bonds. The topological polar surface area (TPSA) is 114 Å². The molecule has 0 spiro atoms. The number of aromatic nitrogens is 1. The molecule has 0 bridgehead atoms. The van der Waals surface area contributed by atoms with E-state index in [0.717, 1.165) is 0 Å². The third-order valence-electron chi connectivity index (χ3n) is 2.68. The van der Waals surface area contributed by atoms with Crippen molar-refractivity contribution in [2.24, 2.45) is 11.7 Å². The van der Waals surface area contributed by atoms with Crippen molar-refractivity contribution in [1.82, 2.24) is 4.98 Å². The summed E-state index contributed by atoms with van der Waals surface area (Å²) in [4.78, 5) is 15.3. The lowest BCUT2D eigenvalue weighted by Crippen LogP contribution is -2.28. The zero-order valence-corrected chi connectivity index (χ0v) is 9.97. The Kier molecular flexibility index (Phi) is 4.28. The molecule has 6 heteroatoms. The molecule has 1 rings (SSSR count). The summed E-state index contributed by atoms with van der Waals surface area (Å²) in [5.74, 6) is -0.161.